The predicted molar refractivity (Wildman–Crippen MR) is 100 cm³/mol. The zero-order valence-electron chi connectivity index (χ0n) is 13.8. The van der Waals surface area contributed by atoms with Crippen molar-refractivity contribution in [3.8, 4) is 5.75 Å². The van der Waals surface area contributed by atoms with Crippen LogP contribution in [0, 0.1) is 5.82 Å². The number of halogens is 1. The minimum absolute atomic E-state index is 0.310. The first kappa shape index (κ1) is 17.6. The van der Waals surface area contributed by atoms with Gasteiger partial charge in [-0.25, -0.2) is 4.39 Å². The summed E-state index contributed by atoms with van der Waals surface area (Å²) in [6, 6.07) is 12.8. The lowest BCUT2D eigenvalue weighted by Crippen LogP contribution is -2.20. The molecule has 26 heavy (non-hydrogen) atoms. The van der Waals surface area contributed by atoms with Crippen LogP contribution in [0.2, 0.25) is 0 Å². The fraction of sp³-hybridized carbons (Fsp3) is 0.0526. The van der Waals surface area contributed by atoms with Crippen molar-refractivity contribution in [2.45, 2.75) is 0 Å². The van der Waals surface area contributed by atoms with E-state index in [-0.39, 0.29) is 17.3 Å². The maximum absolute atomic E-state index is 12.9. The van der Waals surface area contributed by atoms with Gasteiger partial charge in [0.1, 0.15) is 16.2 Å². The molecule has 3 aromatic rings. The van der Waals surface area contributed by atoms with E-state index in [1.54, 1.807) is 42.5 Å². The van der Waals surface area contributed by atoms with E-state index < -0.39 is 0 Å². The van der Waals surface area contributed by atoms with Crippen LogP contribution in [0.3, 0.4) is 0 Å². The fourth-order valence-electron chi connectivity index (χ4n) is 2.27. The Morgan fingerprint density at radius 2 is 1.92 bits per heavy atom. The lowest BCUT2D eigenvalue weighted by Gasteiger charge is -2.07. The summed E-state index contributed by atoms with van der Waals surface area (Å²) in [4.78, 5) is 26.8. The molecule has 0 fully saturated rings. The van der Waals surface area contributed by atoms with Crippen LogP contribution in [-0.4, -0.2) is 18.0 Å². The van der Waals surface area contributed by atoms with E-state index >= 15 is 0 Å². The Morgan fingerprint density at radius 1 is 1.19 bits per heavy atom. The first-order chi connectivity index (χ1) is 12.5. The van der Waals surface area contributed by atoms with Crippen LogP contribution in [0.4, 0.5) is 10.1 Å². The highest BCUT2D eigenvalue weighted by Crippen LogP contribution is 2.22. The average molecular weight is 370 g/mol. The monoisotopic (exact) mass is 370 g/mol. The van der Waals surface area contributed by atoms with Crippen molar-refractivity contribution in [2.24, 2.45) is 0 Å². The van der Waals surface area contributed by atoms with Crippen LogP contribution in [0.15, 0.2) is 53.3 Å². The van der Waals surface area contributed by atoms with E-state index in [1.807, 2.05) is 0 Å². The molecule has 0 aliphatic heterocycles. The normalized spacial score (nSPS) is 12.2. The van der Waals surface area contributed by atoms with Crippen LogP contribution in [0.5, 0.6) is 5.75 Å². The molecule has 2 N–H and O–H groups in total. The van der Waals surface area contributed by atoms with Crippen LogP contribution < -0.4 is 24.8 Å². The van der Waals surface area contributed by atoms with E-state index in [0.29, 0.717) is 26.2 Å². The Labute approximate surface area is 152 Å². The van der Waals surface area contributed by atoms with Crippen molar-refractivity contribution < 1.29 is 13.9 Å². The van der Waals surface area contributed by atoms with Gasteiger partial charge < -0.3 is 15.0 Å². The molecule has 132 valence electrons. The second-order valence-electron chi connectivity index (χ2n) is 5.31. The number of rotatable bonds is 4. The van der Waals surface area contributed by atoms with Crippen molar-refractivity contribution in [2.75, 3.05) is 12.4 Å². The van der Waals surface area contributed by atoms with Crippen molar-refractivity contribution in [1.29, 1.82) is 0 Å². The number of aromatic amines is 1. The van der Waals surface area contributed by atoms with Gasteiger partial charge in [0.15, 0.2) is 0 Å². The highest BCUT2D eigenvalue weighted by atomic mass is 32.1. The van der Waals surface area contributed by atoms with E-state index in [1.165, 1.54) is 25.3 Å². The topological polar surface area (TPSA) is 71.2 Å². The number of hydrogen-bond acceptors (Lipinski definition) is 4. The number of aromatic nitrogens is 1. The molecule has 2 aromatic carbocycles. The number of thiazole rings is 1. The summed E-state index contributed by atoms with van der Waals surface area (Å²) in [5.74, 6) is -0.191. The molecule has 5 nitrogen and oxygen atoms in total. The molecule has 7 heteroatoms. The Morgan fingerprint density at radius 3 is 2.65 bits per heavy atom. The second kappa shape index (κ2) is 7.79. The summed E-state index contributed by atoms with van der Waals surface area (Å²) >= 11 is 1.14. The summed E-state index contributed by atoms with van der Waals surface area (Å²) in [7, 11) is 1.52. The Bertz CT molecular complexity index is 1100. The van der Waals surface area contributed by atoms with Gasteiger partial charge in [-0.3, -0.25) is 9.59 Å². The molecule has 0 aliphatic carbocycles. The maximum atomic E-state index is 12.9. The van der Waals surface area contributed by atoms with Crippen molar-refractivity contribution in [3.05, 3.63) is 79.5 Å². The van der Waals surface area contributed by atoms with Crippen molar-refractivity contribution in [1.82, 2.24) is 4.98 Å². The van der Waals surface area contributed by atoms with Crippen LogP contribution in [0.25, 0.3) is 12.2 Å². The first-order valence-electron chi connectivity index (χ1n) is 7.67. The molecule has 0 saturated carbocycles. The Kier molecular flexibility index (Phi) is 5.28. The molecule has 1 aromatic heterocycles. The summed E-state index contributed by atoms with van der Waals surface area (Å²) in [5, 5.41) is 2.71. The van der Waals surface area contributed by atoms with Gasteiger partial charge >= 0.3 is 0 Å². The molecular formula is C19H15FN2O3S. The maximum Gasteiger partial charge on any atom is 0.266 e. The van der Waals surface area contributed by atoms with E-state index in [4.69, 9.17) is 4.74 Å². The van der Waals surface area contributed by atoms with Gasteiger partial charge in [-0.2, -0.15) is 0 Å². The lowest BCUT2D eigenvalue weighted by molar-refractivity contribution is -0.110. The highest BCUT2D eigenvalue weighted by molar-refractivity contribution is 7.07. The van der Waals surface area contributed by atoms with Gasteiger partial charge in [-0.1, -0.05) is 24.3 Å². The summed E-state index contributed by atoms with van der Waals surface area (Å²) < 4.78 is 19.0. The third-order valence-electron chi connectivity index (χ3n) is 3.48. The van der Waals surface area contributed by atoms with Gasteiger partial charge in [0.25, 0.3) is 11.5 Å². The number of benzene rings is 2. The first-order valence-corrected chi connectivity index (χ1v) is 8.49. The number of hydrogen-bond donors (Lipinski definition) is 2. The number of ether oxygens (including phenoxy) is 1. The Hall–Kier alpha value is -3.19. The highest BCUT2D eigenvalue weighted by Gasteiger charge is 2.05. The van der Waals surface area contributed by atoms with Gasteiger partial charge in [0, 0.05) is 6.08 Å². The van der Waals surface area contributed by atoms with Crippen LogP contribution in [-0.2, 0) is 4.79 Å². The van der Waals surface area contributed by atoms with Gasteiger partial charge in [-0.15, -0.1) is 11.3 Å². The number of para-hydroxylation sites is 2. The molecule has 1 heterocycles. The third-order valence-corrected chi connectivity index (χ3v) is 4.44. The zero-order valence-corrected chi connectivity index (χ0v) is 14.6. The molecule has 0 unspecified atom stereocenters. The Balaban J connectivity index is 1.87. The van der Waals surface area contributed by atoms with Crippen molar-refractivity contribution in [3.63, 3.8) is 0 Å². The molecule has 0 bridgehead atoms. The predicted octanol–water partition coefficient (Wildman–Crippen LogP) is 1.83. The standard InChI is InChI=1S/C19H15FN2O3S/c1-25-15-5-3-2-4-14(15)21-17(23)11-18-22-19(24)16(26-18)10-12-6-8-13(20)9-7-12/h2-11H,1H3,(H,21,23)(H,22,24)/b16-10+,18-11+. The minimum atomic E-state index is -0.389. The second-order valence-corrected chi connectivity index (χ2v) is 6.40. The molecule has 0 aliphatic rings. The number of amides is 1. The molecular weight excluding hydrogens is 355 g/mol. The molecule has 0 spiro atoms. The fourth-order valence-corrected chi connectivity index (χ4v) is 3.16. The number of carbonyl (C=O) groups excluding carboxylic acids is 1. The number of nitrogens with one attached hydrogen (secondary N) is 2. The van der Waals surface area contributed by atoms with Gasteiger partial charge in [-0.05, 0) is 35.9 Å². The lowest BCUT2D eigenvalue weighted by atomic mass is 10.2. The minimum Gasteiger partial charge on any atom is -0.495 e. The van der Waals surface area contributed by atoms with Gasteiger partial charge in [0.2, 0.25) is 0 Å². The largest absolute Gasteiger partial charge is 0.495 e. The average Bonchev–Trinajstić information content (AvgIpc) is 2.96. The molecule has 0 saturated heterocycles. The number of carbonyl (C=O) groups is 1. The molecule has 0 atom stereocenters. The van der Waals surface area contributed by atoms with Gasteiger partial charge in [0.05, 0.1) is 17.3 Å². The number of H-pyrrole nitrogens is 1. The van der Waals surface area contributed by atoms with E-state index in [2.05, 4.69) is 10.3 Å². The number of anilines is 1. The molecule has 3 rings (SSSR count). The summed E-state index contributed by atoms with van der Waals surface area (Å²) in [5.41, 5.74) is 0.924. The smallest absolute Gasteiger partial charge is 0.266 e. The molecule has 0 radical (unpaired) electrons. The van der Waals surface area contributed by atoms with Crippen LogP contribution in [0.1, 0.15) is 5.56 Å². The summed E-state index contributed by atoms with van der Waals surface area (Å²) in [6.45, 7) is 0. The van der Waals surface area contributed by atoms with E-state index in [0.717, 1.165) is 11.3 Å². The quantitative estimate of drug-likeness (QED) is 0.736. The summed E-state index contributed by atoms with van der Waals surface area (Å²) in [6.07, 6.45) is 2.94. The SMILES string of the molecule is COc1ccccc1NC(=O)/C=c1\[nH]c(=O)/c(=C\c2ccc(F)cc2)s1. The molecule has 1 amide bonds. The van der Waals surface area contributed by atoms with E-state index in [9.17, 15) is 14.0 Å². The van der Waals surface area contributed by atoms with Crippen molar-refractivity contribution >= 4 is 35.1 Å². The third kappa shape index (κ3) is 4.25. The zero-order chi connectivity index (χ0) is 18.5. The van der Waals surface area contributed by atoms with Crippen LogP contribution >= 0.6 is 11.3 Å². The number of methoxy groups -OCH3 is 1.